The highest BCUT2D eigenvalue weighted by atomic mass is 15.2. The molecule has 0 unspecified atom stereocenters. The molecule has 1 aromatic rings. The van der Waals surface area contributed by atoms with Crippen LogP contribution in [0.25, 0.3) is 0 Å². The van der Waals surface area contributed by atoms with Crippen LogP contribution in [0.2, 0.25) is 0 Å². The number of nitrogens with two attached hydrogens (primary N) is 1. The fourth-order valence-corrected chi connectivity index (χ4v) is 2.69. The zero-order valence-corrected chi connectivity index (χ0v) is 10.2. The SMILES string of the molecule is CCN(c1ccc(CN)cc1)C1CCCC1. The van der Waals surface area contributed by atoms with Gasteiger partial charge in [-0.15, -0.1) is 0 Å². The number of anilines is 1. The summed E-state index contributed by atoms with van der Waals surface area (Å²) in [6.07, 6.45) is 5.49. The molecule has 2 N–H and O–H groups in total. The number of hydrogen-bond donors (Lipinski definition) is 1. The average molecular weight is 218 g/mol. The van der Waals surface area contributed by atoms with Gasteiger partial charge in [0.2, 0.25) is 0 Å². The summed E-state index contributed by atoms with van der Waals surface area (Å²) in [4.78, 5) is 2.54. The minimum atomic E-state index is 0.635. The largest absolute Gasteiger partial charge is 0.369 e. The quantitative estimate of drug-likeness (QED) is 0.842. The normalized spacial score (nSPS) is 16.6. The van der Waals surface area contributed by atoms with Gasteiger partial charge in [0.25, 0.3) is 0 Å². The summed E-state index contributed by atoms with van der Waals surface area (Å²) < 4.78 is 0. The van der Waals surface area contributed by atoms with Gasteiger partial charge in [-0.25, -0.2) is 0 Å². The van der Waals surface area contributed by atoms with Gasteiger partial charge in [0.15, 0.2) is 0 Å². The van der Waals surface area contributed by atoms with Crippen LogP contribution in [0.5, 0.6) is 0 Å². The molecule has 1 aliphatic rings. The topological polar surface area (TPSA) is 29.3 Å². The molecule has 0 radical (unpaired) electrons. The van der Waals surface area contributed by atoms with Crippen molar-refractivity contribution in [2.45, 2.75) is 45.2 Å². The highest BCUT2D eigenvalue weighted by Gasteiger charge is 2.21. The number of hydrogen-bond acceptors (Lipinski definition) is 2. The Bertz CT molecular complexity index is 312. The van der Waals surface area contributed by atoms with Gasteiger partial charge in [-0.1, -0.05) is 25.0 Å². The molecule has 2 heteroatoms. The third kappa shape index (κ3) is 2.38. The Morgan fingerprint density at radius 2 is 1.81 bits per heavy atom. The molecule has 0 atom stereocenters. The van der Waals surface area contributed by atoms with Gasteiger partial charge >= 0.3 is 0 Å². The van der Waals surface area contributed by atoms with Gasteiger partial charge in [-0.3, -0.25) is 0 Å². The van der Waals surface area contributed by atoms with Gasteiger partial charge in [0.05, 0.1) is 0 Å². The predicted octanol–water partition coefficient (Wildman–Crippen LogP) is 2.91. The molecule has 2 rings (SSSR count). The molecule has 0 aromatic heterocycles. The Hall–Kier alpha value is -1.02. The van der Waals surface area contributed by atoms with Gasteiger partial charge in [-0.05, 0) is 37.5 Å². The molecule has 0 aliphatic heterocycles. The lowest BCUT2D eigenvalue weighted by Gasteiger charge is -2.30. The average Bonchev–Trinajstić information content (AvgIpc) is 2.85. The zero-order chi connectivity index (χ0) is 11.4. The van der Waals surface area contributed by atoms with E-state index < -0.39 is 0 Å². The standard InChI is InChI=1S/C14H22N2/c1-2-16(13-5-3-4-6-13)14-9-7-12(11-15)8-10-14/h7-10,13H,2-6,11,15H2,1H3. The Labute approximate surface area is 98.4 Å². The summed E-state index contributed by atoms with van der Waals surface area (Å²) in [5.41, 5.74) is 8.18. The van der Waals surface area contributed by atoms with E-state index in [4.69, 9.17) is 5.73 Å². The lowest BCUT2D eigenvalue weighted by molar-refractivity contribution is 0.620. The second-order valence-corrected chi connectivity index (χ2v) is 4.59. The van der Waals surface area contributed by atoms with Gasteiger partial charge < -0.3 is 10.6 Å². The molecule has 0 saturated heterocycles. The van der Waals surface area contributed by atoms with Gasteiger partial charge in [0, 0.05) is 24.8 Å². The molecule has 1 fully saturated rings. The first-order chi connectivity index (χ1) is 7.85. The van der Waals surface area contributed by atoms with Crippen molar-refractivity contribution < 1.29 is 0 Å². The maximum absolute atomic E-state index is 5.62. The van der Waals surface area contributed by atoms with Crippen LogP contribution in [0.3, 0.4) is 0 Å². The maximum atomic E-state index is 5.62. The molecule has 0 bridgehead atoms. The lowest BCUT2D eigenvalue weighted by atomic mass is 10.1. The van der Waals surface area contributed by atoms with Gasteiger partial charge in [0.1, 0.15) is 0 Å². The van der Waals surface area contributed by atoms with Crippen molar-refractivity contribution in [1.82, 2.24) is 0 Å². The highest BCUT2D eigenvalue weighted by molar-refractivity contribution is 5.48. The van der Waals surface area contributed by atoms with E-state index in [1.54, 1.807) is 0 Å². The van der Waals surface area contributed by atoms with Crippen molar-refractivity contribution in [2.75, 3.05) is 11.4 Å². The molecule has 1 aromatic carbocycles. The van der Waals surface area contributed by atoms with Crippen LogP contribution < -0.4 is 10.6 Å². The molecule has 2 nitrogen and oxygen atoms in total. The molecule has 88 valence electrons. The molecule has 0 heterocycles. The predicted molar refractivity (Wildman–Crippen MR) is 69.6 cm³/mol. The van der Waals surface area contributed by atoms with Crippen LogP contribution in [0.15, 0.2) is 24.3 Å². The monoisotopic (exact) mass is 218 g/mol. The Morgan fingerprint density at radius 1 is 1.19 bits per heavy atom. The third-order valence-corrected chi connectivity index (χ3v) is 3.61. The summed E-state index contributed by atoms with van der Waals surface area (Å²) in [5.74, 6) is 0. The van der Waals surface area contributed by atoms with E-state index in [-0.39, 0.29) is 0 Å². The third-order valence-electron chi connectivity index (χ3n) is 3.61. The van der Waals surface area contributed by atoms with E-state index in [1.807, 2.05) is 0 Å². The van der Waals surface area contributed by atoms with Crippen LogP contribution in [0.1, 0.15) is 38.2 Å². The summed E-state index contributed by atoms with van der Waals surface area (Å²) >= 11 is 0. The van der Waals surface area contributed by atoms with Crippen LogP contribution in [-0.2, 0) is 6.54 Å². The van der Waals surface area contributed by atoms with Crippen LogP contribution in [0.4, 0.5) is 5.69 Å². The fraction of sp³-hybridized carbons (Fsp3) is 0.571. The first-order valence-electron chi connectivity index (χ1n) is 6.40. The van der Waals surface area contributed by atoms with Crippen LogP contribution in [-0.4, -0.2) is 12.6 Å². The minimum Gasteiger partial charge on any atom is -0.369 e. The van der Waals surface area contributed by atoms with E-state index in [0.717, 1.165) is 12.6 Å². The Kier molecular flexibility index (Phi) is 3.83. The first kappa shape index (κ1) is 11.5. The van der Waals surface area contributed by atoms with Crippen molar-refractivity contribution in [1.29, 1.82) is 0 Å². The summed E-state index contributed by atoms with van der Waals surface area (Å²) in [7, 11) is 0. The van der Waals surface area contributed by atoms with E-state index in [2.05, 4.69) is 36.1 Å². The van der Waals surface area contributed by atoms with E-state index in [9.17, 15) is 0 Å². The summed E-state index contributed by atoms with van der Waals surface area (Å²) in [6.45, 7) is 3.98. The van der Waals surface area contributed by atoms with Gasteiger partial charge in [-0.2, -0.15) is 0 Å². The minimum absolute atomic E-state index is 0.635. The Morgan fingerprint density at radius 3 is 2.31 bits per heavy atom. The summed E-state index contributed by atoms with van der Waals surface area (Å²) in [6, 6.07) is 9.47. The summed E-state index contributed by atoms with van der Waals surface area (Å²) in [5, 5.41) is 0. The van der Waals surface area contributed by atoms with Crippen molar-refractivity contribution in [3.8, 4) is 0 Å². The molecule has 1 aliphatic carbocycles. The van der Waals surface area contributed by atoms with E-state index in [1.165, 1.54) is 36.9 Å². The molecular formula is C14H22N2. The molecular weight excluding hydrogens is 196 g/mol. The first-order valence-corrected chi connectivity index (χ1v) is 6.40. The molecule has 0 amide bonds. The number of rotatable bonds is 4. The van der Waals surface area contributed by atoms with Crippen molar-refractivity contribution in [3.63, 3.8) is 0 Å². The van der Waals surface area contributed by atoms with Crippen molar-refractivity contribution in [2.24, 2.45) is 5.73 Å². The van der Waals surface area contributed by atoms with Crippen LogP contribution >= 0.6 is 0 Å². The fourth-order valence-electron chi connectivity index (χ4n) is 2.69. The zero-order valence-electron chi connectivity index (χ0n) is 10.2. The smallest absolute Gasteiger partial charge is 0.0368 e. The van der Waals surface area contributed by atoms with Crippen molar-refractivity contribution in [3.05, 3.63) is 29.8 Å². The lowest BCUT2D eigenvalue weighted by Crippen LogP contribution is -2.32. The molecule has 16 heavy (non-hydrogen) atoms. The van der Waals surface area contributed by atoms with Crippen molar-refractivity contribution >= 4 is 5.69 Å². The second-order valence-electron chi connectivity index (χ2n) is 4.59. The number of benzene rings is 1. The maximum Gasteiger partial charge on any atom is 0.0368 e. The van der Waals surface area contributed by atoms with E-state index in [0.29, 0.717) is 6.54 Å². The second kappa shape index (κ2) is 5.35. The van der Waals surface area contributed by atoms with Crippen LogP contribution in [0, 0.1) is 0 Å². The molecule has 0 spiro atoms. The van der Waals surface area contributed by atoms with E-state index >= 15 is 0 Å². The Balaban J connectivity index is 2.12. The highest BCUT2D eigenvalue weighted by Crippen LogP contribution is 2.28. The molecule has 1 saturated carbocycles. The number of nitrogens with zero attached hydrogens (tertiary/aromatic N) is 1.